The van der Waals surface area contributed by atoms with Crippen LogP contribution in [0.1, 0.15) is 20.7 Å². The summed E-state index contributed by atoms with van der Waals surface area (Å²) in [5, 5.41) is 17.8. The minimum atomic E-state index is -1.57. The summed E-state index contributed by atoms with van der Waals surface area (Å²) < 4.78 is 26.7. The Morgan fingerprint density at radius 2 is 1.90 bits per heavy atom. The van der Waals surface area contributed by atoms with Crippen molar-refractivity contribution in [3.05, 3.63) is 53.4 Å². The first kappa shape index (κ1) is 13.5. The minimum Gasteiger partial charge on any atom is -0.478 e. The zero-order valence-electron chi connectivity index (χ0n) is 9.80. The fourth-order valence-electron chi connectivity index (χ4n) is 1.43. The van der Waals surface area contributed by atoms with Gasteiger partial charge in [-0.25, -0.2) is 13.6 Å². The molecule has 0 fully saturated rings. The highest BCUT2D eigenvalue weighted by molar-refractivity contribution is 6.04. The Hall–Kier alpha value is -2.90. The molecule has 2 rings (SSSR count). The molecule has 0 radical (unpaired) electrons. The highest BCUT2D eigenvalue weighted by Crippen LogP contribution is 2.20. The van der Waals surface area contributed by atoms with Gasteiger partial charge in [-0.05, 0) is 12.1 Å². The van der Waals surface area contributed by atoms with Gasteiger partial charge in [-0.15, -0.1) is 0 Å². The maximum atomic E-state index is 13.5. The summed E-state index contributed by atoms with van der Waals surface area (Å²) in [4.78, 5) is 22.5. The fourth-order valence-corrected chi connectivity index (χ4v) is 1.43. The molecule has 8 heteroatoms. The van der Waals surface area contributed by atoms with Crippen LogP contribution in [0.4, 0.5) is 14.5 Å². The first-order valence-corrected chi connectivity index (χ1v) is 5.29. The molecular weight excluding hydrogens is 272 g/mol. The van der Waals surface area contributed by atoms with Crippen molar-refractivity contribution in [3.8, 4) is 0 Å². The van der Waals surface area contributed by atoms with Crippen LogP contribution in [-0.2, 0) is 0 Å². The molecule has 0 aliphatic heterocycles. The molecule has 20 heavy (non-hydrogen) atoms. The number of hydrogen-bond acceptors (Lipinski definition) is 4. The van der Waals surface area contributed by atoms with Crippen LogP contribution in [0.25, 0.3) is 0 Å². The summed E-state index contributed by atoms with van der Waals surface area (Å²) in [5.41, 5.74) is -1.08. The number of benzene rings is 1. The van der Waals surface area contributed by atoms with E-state index < -0.39 is 34.8 Å². The van der Waals surface area contributed by atoms with E-state index in [0.717, 1.165) is 6.20 Å². The molecule has 0 saturated heterocycles. The van der Waals surface area contributed by atoms with E-state index in [4.69, 9.17) is 5.11 Å². The number of halogens is 2. The number of carboxylic acids is 1. The second-order valence-electron chi connectivity index (χ2n) is 3.70. The molecule has 0 unspecified atom stereocenters. The van der Waals surface area contributed by atoms with Gasteiger partial charge in [0, 0.05) is 6.07 Å². The molecule has 2 N–H and O–H groups in total. The number of carbonyl (C=O) groups is 2. The van der Waals surface area contributed by atoms with Crippen molar-refractivity contribution < 1.29 is 23.5 Å². The normalized spacial score (nSPS) is 10.1. The van der Waals surface area contributed by atoms with Gasteiger partial charge in [0.1, 0.15) is 11.6 Å². The second-order valence-corrected chi connectivity index (χ2v) is 3.70. The molecule has 1 heterocycles. The van der Waals surface area contributed by atoms with Crippen LogP contribution in [0, 0.1) is 11.6 Å². The van der Waals surface area contributed by atoms with Crippen molar-refractivity contribution in [2.75, 3.05) is 5.32 Å². The lowest BCUT2D eigenvalue weighted by Crippen LogP contribution is -2.14. The molecule has 102 valence electrons. The largest absolute Gasteiger partial charge is 0.478 e. The van der Waals surface area contributed by atoms with E-state index in [-0.39, 0.29) is 5.56 Å². The van der Waals surface area contributed by atoms with Crippen molar-refractivity contribution >= 4 is 17.6 Å². The standard InChI is InChI=1S/C12H7F2N3O3/c13-8-4-9(14)10(3-7(8)12(19)20)17-11(18)6-1-2-15-16-5-6/h1-5H,(H,17,18)(H,19,20). The quantitative estimate of drug-likeness (QED) is 0.892. The number of nitrogens with zero attached hydrogens (tertiary/aromatic N) is 2. The maximum absolute atomic E-state index is 13.5. The summed E-state index contributed by atoms with van der Waals surface area (Å²) in [7, 11) is 0. The van der Waals surface area contributed by atoms with Crippen LogP contribution in [0.15, 0.2) is 30.6 Å². The average molecular weight is 279 g/mol. The molecule has 2 aromatic rings. The van der Waals surface area contributed by atoms with Gasteiger partial charge in [0.05, 0.1) is 29.2 Å². The number of rotatable bonds is 3. The minimum absolute atomic E-state index is 0.0978. The Bertz CT molecular complexity index is 677. The molecule has 0 bridgehead atoms. The fraction of sp³-hybridized carbons (Fsp3) is 0. The van der Waals surface area contributed by atoms with Crippen molar-refractivity contribution in [2.45, 2.75) is 0 Å². The zero-order chi connectivity index (χ0) is 14.7. The Morgan fingerprint density at radius 3 is 2.50 bits per heavy atom. The van der Waals surface area contributed by atoms with Gasteiger partial charge in [0.25, 0.3) is 5.91 Å². The number of aromatic nitrogens is 2. The Labute approximate surface area is 111 Å². The van der Waals surface area contributed by atoms with Gasteiger partial charge in [-0.3, -0.25) is 4.79 Å². The predicted octanol–water partition coefficient (Wildman–Crippen LogP) is 1.71. The van der Waals surface area contributed by atoms with Crippen molar-refractivity contribution in [1.29, 1.82) is 0 Å². The molecule has 6 nitrogen and oxygen atoms in total. The van der Waals surface area contributed by atoms with Crippen molar-refractivity contribution in [3.63, 3.8) is 0 Å². The van der Waals surface area contributed by atoms with Crippen LogP contribution < -0.4 is 5.32 Å². The number of carboxylic acid groups (broad SMARTS) is 1. The smallest absolute Gasteiger partial charge is 0.338 e. The first-order valence-electron chi connectivity index (χ1n) is 5.29. The van der Waals surface area contributed by atoms with Crippen LogP contribution >= 0.6 is 0 Å². The molecule has 0 spiro atoms. The molecule has 1 aromatic heterocycles. The number of aromatic carboxylic acids is 1. The molecule has 1 aromatic carbocycles. The Balaban J connectivity index is 2.32. The zero-order valence-corrected chi connectivity index (χ0v) is 9.80. The maximum Gasteiger partial charge on any atom is 0.338 e. The van der Waals surface area contributed by atoms with Crippen molar-refractivity contribution in [2.24, 2.45) is 0 Å². The van der Waals surface area contributed by atoms with Gasteiger partial charge in [0.2, 0.25) is 0 Å². The highest BCUT2D eigenvalue weighted by atomic mass is 19.1. The number of anilines is 1. The van der Waals surface area contributed by atoms with E-state index >= 15 is 0 Å². The lowest BCUT2D eigenvalue weighted by Gasteiger charge is -2.07. The van der Waals surface area contributed by atoms with Crippen LogP contribution in [-0.4, -0.2) is 27.2 Å². The van der Waals surface area contributed by atoms with E-state index in [1.54, 1.807) is 0 Å². The number of amides is 1. The number of nitrogens with one attached hydrogen (secondary N) is 1. The van der Waals surface area contributed by atoms with Crippen molar-refractivity contribution in [1.82, 2.24) is 10.2 Å². The van der Waals surface area contributed by atoms with Gasteiger partial charge in [-0.2, -0.15) is 10.2 Å². The average Bonchev–Trinajstić information content (AvgIpc) is 2.42. The van der Waals surface area contributed by atoms with Gasteiger partial charge >= 0.3 is 5.97 Å². The SMILES string of the molecule is O=C(Nc1cc(C(=O)O)c(F)cc1F)c1ccnnc1. The Morgan fingerprint density at radius 1 is 1.15 bits per heavy atom. The molecule has 1 amide bonds. The van der Waals surface area contributed by atoms with E-state index in [9.17, 15) is 18.4 Å². The molecule has 0 aliphatic carbocycles. The molecule has 0 saturated carbocycles. The third kappa shape index (κ3) is 2.74. The Kier molecular flexibility index (Phi) is 3.65. The summed E-state index contributed by atoms with van der Waals surface area (Å²) >= 11 is 0. The summed E-state index contributed by atoms with van der Waals surface area (Å²) in [6, 6.07) is 2.44. The van der Waals surface area contributed by atoms with Crippen LogP contribution in [0.3, 0.4) is 0 Å². The van der Waals surface area contributed by atoms with Gasteiger partial charge in [0.15, 0.2) is 0 Å². The third-order valence-corrected chi connectivity index (χ3v) is 2.38. The first-order chi connectivity index (χ1) is 9.49. The molecular formula is C12H7F2N3O3. The molecule has 0 atom stereocenters. The van der Waals surface area contributed by atoms with E-state index in [0.29, 0.717) is 12.1 Å². The number of hydrogen-bond donors (Lipinski definition) is 2. The second kappa shape index (κ2) is 5.39. The lowest BCUT2D eigenvalue weighted by atomic mass is 10.1. The van der Waals surface area contributed by atoms with E-state index in [1.807, 2.05) is 0 Å². The van der Waals surface area contributed by atoms with E-state index in [2.05, 4.69) is 15.5 Å². The lowest BCUT2D eigenvalue weighted by molar-refractivity contribution is 0.0691. The topological polar surface area (TPSA) is 92.2 Å². The monoisotopic (exact) mass is 279 g/mol. The summed E-state index contributed by atoms with van der Waals surface area (Å²) in [6.07, 6.45) is 2.41. The third-order valence-electron chi connectivity index (χ3n) is 2.38. The summed E-state index contributed by atoms with van der Waals surface area (Å²) in [5.74, 6) is -4.59. The van der Waals surface area contributed by atoms with Gasteiger partial charge < -0.3 is 10.4 Å². The number of carbonyl (C=O) groups excluding carboxylic acids is 1. The molecule has 0 aliphatic rings. The summed E-state index contributed by atoms with van der Waals surface area (Å²) in [6.45, 7) is 0. The highest BCUT2D eigenvalue weighted by Gasteiger charge is 2.17. The van der Waals surface area contributed by atoms with Crippen LogP contribution in [0.2, 0.25) is 0 Å². The predicted molar refractivity (Wildman–Crippen MR) is 63.3 cm³/mol. The van der Waals surface area contributed by atoms with Gasteiger partial charge in [-0.1, -0.05) is 0 Å². The van der Waals surface area contributed by atoms with E-state index in [1.165, 1.54) is 12.3 Å². The van der Waals surface area contributed by atoms with Crippen LogP contribution in [0.5, 0.6) is 0 Å².